The van der Waals surface area contributed by atoms with Gasteiger partial charge in [0.05, 0.1) is 0 Å². The van der Waals surface area contributed by atoms with Crippen molar-refractivity contribution in [2.45, 2.75) is 33.4 Å². The summed E-state index contributed by atoms with van der Waals surface area (Å²) < 4.78 is 5.84. The van der Waals surface area contributed by atoms with Gasteiger partial charge in [-0.25, -0.2) is 0 Å². The number of carbonyl (C=O) groups is 2. The number of carbonyl (C=O) groups excluding carboxylic acids is 2. The molecule has 3 rings (SSSR count). The van der Waals surface area contributed by atoms with Crippen LogP contribution < -0.4 is 15.4 Å². The van der Waals surface area contributed by atoms with E-state index >= 15 is 0 Å². The average molecular weight is 402 g/mol. The van der Waals surface area contributed by atoms with E-state index in [1.807, 2.05) is 45.0 Å². The molecule has 3 aromatic rings. The van der Waals surface area contributed by atoms with Crippen molar-refractivity contribution < 1.29 is 14.3 Å². The summed E-state index contributed by atoms with van der Waals surface area (Å²) in [6.45, 7) is 6.29. The van der Waals surface area contributed by atoms with Crippen molar-refractivity contribution in [3.8, 4) is 5.75 Å². The van der Waals surface area contributed by atoms with E-state index in [1.165, 1.54) is 5.56 Å². The molecule has 0 aliphatic heterocycles. The zero-order valence-electron chi connectivity index (χ0n) is 17.4. The van der Waals surface area contributed by atoms with Crippen LogP contribution in [0.25, 0.3) is 0 Å². The number of ether oxygens (including phenoxy) is 1. The van der Waals surface area contributed by atoms with Gasteiger partial charge in [-0.2, -0.15) is 0 Å². The van der Waals surface area contributed by atoms with Crippen LogP contribution in [0.5, 0.6) is 5.75 Å². The molecule has 0 heterocycles. The third-order valence-electron chi connectivity index (χ3n) is 4.41. The second-order valence-corrected chi connectivity index (χ2v) is 7.47. The quantitative estimate of drug-likeness (QED) is 0.587. The fourth-order valence-corrected chi connectivity index (χ4v) is 2.95. The van der Waals surface area contributed by atoms with Gasteiger partial charge in [-0.15, -0.1) is 0 Å². The minimum absolute atomic E-state index is 0.0669. The Labute approximate surface area is 177 Å². The number of benzene rings is 3. The van der Waals surface area contributed by atoms with E-state index < -0.39 is 0 Å². The zero-order chi connectivity index (χ0) is 21.5. The van der Waals surface area contributed by atoms with E-state index in [0.29, 0.717) is 29.2 Å². The second-order valence-electron chi connectivity index (χ2n) is 7.47. The van der Waals surface area contributed by atoms with Crippen LogP contribution in [0.4, 0.5) is 5.69 Å². The molecular weight excluding hydrogens is 376 g/mol. The Balaban J connectivity index is 1.61. The fourth-order valence-electron chi connectivity index (χ4n) is 2.95. The molecule has 0 bridgehead atoms. The fraction of sp³-hybridized carbons (Fsp3) is 0.200. The minimum atomic E-state index is -0.240. The molecule has 0 atom stereocenters. The normalized spacial score (nSPS) is 10.5. The summed E-state index contributed by atoms with van der Waals surface area (Å²) in [7, 11) is 0. The van der Waals surface area contributed by atoms with Gasteiger partial charge in [0.15, 0.2) is 0 Å². The molecule has 0 spiro atoms. The first kappa shape index (κ1) is 21.1. The molecule has 0 saturated heterocycles. The van der Waals surface area contributed by atoms with Crippen LogP contribution in [0.1, 0.15) is 45.7 Å². The molecule has 0 aliphatic rings. The van der Waals surface area contributed by atoms with Crippen molar-refractivity contribution in [3.05, 3.63) is 95.1 Å². The maximum atomic E-state index is 12.6. The first-order chi connectivity index (χ1) is 14.4. The first-order valence-corrected chi connectivity index (χ1v) is 9.91. The van der Waals surface area contributed by atoms with Gasteiger partial charge in [-0.05, 0) is 68.8 Å². The van der Waals surface area contributed by atoms with Crippen LogP contribution in [0.2, 0.25) is 0 Å². The standard InChI is InChI=1S/C25H26N2O3/c1-17(2)26-24(28)20-10-12-22(13-11-20)27-25(29)21-8-5-9-23(15-21)30-16-19-7-4-6-18(3)14-19/h4-15,17H,16H2,1-3H3,(H,26,28)(H,27,29). The Bertz CT molecular complexity index is 1030. The Kier molecular flexibility index (Phi) is 6.86. The highest BCUT2D eigenvalue weighted by Gasteiger charge is 2.10. The summed E-state index contributed by atoms with van der Waals surface area (Å²) in [5, 5.41) is 5.69. The molecule has 2 N–H and O–H groups in total. The van der Waals surface area contributed by atoms with Gasteiger partial charge in [-0.1, -0.05) is 35.9 Å². The van der Waals surface area contributed by atoms with E-state index in [-0.39, 0.29) is 17.9 Å². The van der Waals surface area contributed by atoms with Crippen molar-refractivity contribution in [1.82, 2.24) is 5.32 Å². The summed E-state index contributed by atoms with van der Waals surface area (Å²) >= 11 is 0. The first-order valence-electron chi connectivity index (χ1n) is 9.91. The maximum Gasteiger partial charge on any atom is 0.255 e. The van der Waals surface area contributed by atoms with Crippen molar-refractivity contribution in [1.29, 1.82) is 0 Å². The lowest BCUT2D eigenvalue weighted by Gasteiger charge is -2.10. The predicted molar refractivity (Wildman–Crippen MR) is 119 cm³/mol. The highest BCUT2D eigenvalue weighted by molar-refractivity contribution is 6.04. The summed E-state index contributed by atoms with van der Waals surface area (Å²) in [5.41, 5.74) is 3.92. The summed E-state index contributed by atoms with van der Waals surface area (Å²) in [6.07, 6.45) is 0. The number of amides is 2. The molecule has 5 heteroatoms. The largest absolute Gasteiger partial charge is 0.489 e. The average Bonchev–Trinajstić information content (AvgIpc) is 2.72. The number of rotatable bonds is 7. The predicted octanol–water partition coefficient (Wildman–Crippen LogP) is 4.96. The van der Waals surface area contributed by atoms with Crippen LogP contribution in [0.15, 0.2) is 72.8 Å². The van der Waals surface area contributed by atoms with Gasteiger partial charge in [0.25, 0.3) is 11.8 Å². The number of hydrogen-bond donors (Lipinski definition) is 2. The van der Waals surface area contributed by atoms with Crippen LogP contribution >= 0.6 is 0 Å². The number of nitrogens with one attached hydrogen (secondary N) is 2. The monoisotopic (exact) mass is 402 g/mol. The molecule has 30 heavy (non-hydrogen) atoms. The van der Waals surface area contributed by atoms with Gasteiger partial charge in [-0.3, -0.25) is 9.59 Å². The lowest BCUT2D eigenvalue weighted by molar-refractivity contribution is 0.0942. The molecule has 0 aromatic heterocycles. The van der Waals surface area contributed by atoms with Gasteiger partial charge in [0, 0.05) is 22.9 Å². The molecule has 3 aromatic carbocycles. The lowest BCUT2D eigenvalue weighted by Crippen LogP contribution is -2.30. The molecule has 0 aliphatic carbocycles. The van der Waals surface area contributed by atoms with Crippen molar-refractivity contribution >= 4 is 17.5 Å². The Morgan fingerprint density at radius 1 is 0.867 bits per heavy atom. The summed E-state index contributed by atoms with van der Waals surface area (Å²) in [6, 6.07) is 22.1. The third-order valence-corrected chi connectivity index (χ3v) is 4.41. The van der Waals surface area contributed by atoms with Gasteiger partial charge in [0.2, 0.25) is 0 Å². The summed E-state index contributed by atoms with van der Waals surface area (Å²) in [4.78, 5) is 24.6. The van der Waals surface area contributed by atoms with Crippen LogP contribution in [0, 0.1) is 6.92 Å². The minimum Gasteiger partial charge on any atom is -0.489 e. The Morgan fingerprint density at radius 3 is 2.30 bits per heavy atom. The van der Waals surface area contributed by atoms with Crippen LogP contribution in [-0.2, 0) is 6.61 Å². The summed E-state index contributed by atoms with van der Waals surface area (Å²) in [5.74, 6) is 0.251. The highest BCUT2D eigenvalue weighted by Crippen LogP contribution is 2.18. The molecule has 5 nitrogen and oxygen atoms in total. The number of aryl methyl sites for hydroxylation is 1. The van der Waals surface area contributed by atoms with E-state index in [9.17, 15) is 9.59 Å². The number of anilines is 1. The molecule has 0 radical (unpaired) electrons. The third kappa shape index (κ3) is 5.95. The molecule has 2 amide bonds. The molecule has 154 valence electrons. The Morgan fingerprint density at radius 2 is 1.60 bits per heavy atom. The van der Waals surface area contributed by atoms with Crippen LogP contribution in [0.3, 0.4) is 0 Å². The number of hydrogen-bond acceptors (Lipinski definition) is 3. The van der Waals surface area contributed by atoms with Crippen molar-refractivity contribution in [3.63, 3.8) is 0 Å². The molecule has 0 fully saturated rings. The second kappa shape index (κ2) is 9.74. The Hall–Kier alpha value is -3.60. The van der Waals surface area contributed by atoms with Crippen molar-refractivity contribution in [2.24, 2.45) is 0 Å². The van der Waals surface area contributed by atoms with Crippen LogP contribution in [-0.4, -0.2) is 17.9 Å². The van der Waals surface area contributed by atoms with Crippen molar-refractivity contribution in [2.75, 3.05) is 5.32 Å². The van der Waals surface area contributed by atoms with E-state index in [1.54, 1.807) is 42.5 Å². The van der Waals surface area contributed by atoms with E-state index in [2.05, 4.69) is 16.7 Å². The van der Waals surface area contributed by atoms with E-state index in [4.69, 9.17) is 4.74 Å². The lowest BCUT2D eigenvalue weighted by atomic mass is 10.1. The van der Waals surface area contributed by atoms with Gasteiger partial charge in [0.1, 0.15) is 12.4 Å². The SMILES string of the molecule is Cc1cccc(COc2cccc(C(=O)Nc3ccc(C(=O)NC(C)C)cc3)c2)c1. The van der Waals surface area contributed by atoms with Gasteiger partial charge < -0.3 is 15.4 Å². The van der Waals surface area contributed by atoms with Gasteiger partial charge >= 0.3 is 0 Å². The zero-order valence-corrected chi connectivity index (χ0v) is 17.4. The maximum absolute atomic E-state index is 12.6. The topological polar surface area (TPSA) is 67.4 Å². The molecule has 0 unspecified atom stereocenters. The molecule has 0 saturated carbocycles. The molecular formula is C25H26N2O3. The van der Waals surface area contributed by atoms with E-state index in [0.717, 1.165) is 5.56 Å². The highest BCUT2D eigenvalue weighted by atomic mass is 16.5. The smallest absolute Gasteiger partial charge is 0.255 e.